The van der Waals surface area contributed by atoms with Crippen LogP contribution >= 0.6 is 15.9 Å². The van der Waals surface area contributed by atoms with Crippen molar-refractivity contribution in [3.63, 3.8) is 0 Å². The van der Waals surface area contributed by atoms with Crippen LogP contribution in [0, 0.1) is 0 Å². The number of anilines is 2. The summed E-state index contributed by atoms with van der Waals surface area (Å²) >= 11 is 3.29. The molecule has 0 radical (unpaired) electrons. The monoisotopic (exact) mass is 792 g/mol. The minimum Gasteiger partial charge on any atom is -0.423 e. The number of rotatable bonds is 4. The third kappa shape index (κ3) is 7.41. The standard InChI is InChI=1S/C24H18N2.C18H14BNO2.C6H6BrN/c25-19-14-12-17(13-15-19)18-6-5-7-20(16-18)26-23-10-3-1-8-21(23)22-9-2-4-11-24(22)26;21-19(22)13-6-5-7-14(12-13)20-17-10-3-1-8-15(17)16-9-2-4-11-18(16)20;7-5-1-3-6(8)4-2-5/h1-16H,25H2;1-12,21-22H;1-4H,8H2. The van der Waals surface area contributed by atoms with Gasteiger partial charge in [-0.3, -0.25) is 0 Å². The van der Waals surface area contributed by atoms with E-state index in [0.717, 1.165) is 38.3 Å². The summed E-state index contributed by atoms with van der Waals surface area (Å²) < 4.78 is 5.55. The summed E-state index contributed by atoms with van der Waals surface area (Å²) in [4.78, 5) is 0. The van der Waals surface area contributed by atoms with Crippen LogP contribution in [0.2, 0.25) is 0 Å². The molecule has 0 atom stereocenters. The molecule has 2 aromatic heterocycles. The van der Waals surface area contributed by atoms with Crippen LogP contribution in [-0.2, 0) is 0 Å². The highest BCUT2D eigenvalue weighted by Gasteiger charge is 2.15. The zero-order chi connectivity index (χ0) is 38.6. The van der Waals surface area contributed by atoms with Crippen LogP contribution in [0.3, 0.4) is 0 Å². The Labute approximate surface area is 333 Å². The van der Waals surface area contributed by atoms with Crippen molar-refractivity contribution < 1.29 is 10.0 Å². The maximum atomic E-state index is 9.42. The van der Waals surface area contributed by atoms with E-state index in [-0.39, 0.29) is 0 Å². The lowest BCUT2D eigenvalue weighted by Crippen LogP contribution is -2.29. The molecule has 8 aromatic carbocycles. The fraction of sp³-hybridized carbons (Fsp3) is 0. The van der Waals surface area contributed by atoms with Crippen LogP contribution in [0.1, 0.15) is 0 Å². The van der Waals surface area contributed by atoms with Crippen molar-refractivity contribution in [3.8, 4) is 22.5 Å². The molecule has 0 fully saturated rings. The van der Waals surface area contributed by atoms with Crippen molar-refractivity contribution in [1.82, 2.24) is 9.13 Å². The molecule has 0 amide bonds. The lowest BCUT2D eigenvalue weighted by atomic mass is 9.80. The molecule has 6 N–H and O–H groups in total. The van der Waals surface area contributed by atoms with E-state index in [4.69, 9.17) is 11.5 Å². The second kappa shape index (κ2) is 16.0. The molecule has 56 heavy (non-hydrogen) atoms. The van der Waals surface area contributed by atoms with Gasteiger partial charge < -0.3 is 30.6 Å². The number of benzene rings is 8. The summed E-state index contributed by atoms with van der Waals surface area (Å²) in [6.07, 6.45) is 0. The SMILES string of the molecule is Nc1ccc(-c2cccc(-n3c4ccccc4c4ccccc43)c2)cc1.Nc1ccc(Br)cc1.OB(O)c1cccc(-n2c3ccccc3c3ccccc32)c1. The summed E-state index contributed by atoms with van der Waals surface area (Å²) in [7, 11) is -1.46. The van der Waals surface area contributed by atoms with Gasteiger partial charge in [0.05, 0.1) is 22.1 Å². The summed E-state index contributed by atoms with van der Waals surface area (Å²) in [5, 5.41) is 23.8. The largest absolute Gasteiger partial charge is 0.488 e. The average molecular weight is 794 g/mol. The number of nitrogens with zero attached hydrogens (tertiary/aromatic N) is 2. The van der Waals surface area contributed by atoms with Gasteiger partial charge in [0.25, 0.3) is 0 Å². The maximum Gasteiger partial charge on any atom is 0.488 e. The Kier molecular flexibility index (Phi) is 10.4. The average Bonchev–Trinajstić information content (AvgIpc) is 3.76. The van der Waals surface area contributed by atoms with Crippen LogP contribution in [0.15, 0.2) is 199 Å². The first-order valence-corrected chi connectivity index (χ1v) is 19.1. The minimum atomic E-state index is -1.46. The Morgan fingerprint density at radius 3 is 1.21 bits per heavy atom. The molecule has 0 bridgehead atoms. The summed E-state index contributed by atoms with van der Waals surface area (Å²) in [5.74, 6) is 0. The topological polar surface area (TPSA) is 102 Å². The van der Waals surface area contributed by atoms with Crippen molar-refractivity contribution in [3.05, 3.63) is 199 Å². The first-order chi connectivity index (χ1) is 27.4. The van der Waals surface area contributed by atoms with Crippen LogP contribution in [0.4, 0.5) is 11.4 Å². The van der Waals surface area contributed by atoms with Crippen molar-refractivity contribution in [2.45, 2.75) is 0 Å². The van der Waals surface area contributed by atoms with Crippen LogP contribution < -0.4 is 16.9 Å². The third-order valence-corrected chi connectivity index (χ3v) is 10.3. The number of nitrogens with two attached hydrogens (primary N) is 2. The van der Waals surface area contributed by atoms with Crippen LogP contribution in [0.25, 0.3) is 66.1 Å². The van der Waals surface area contributed by atoms with Gasteiger partial charge in [0.1, 0.15) is 0 Å². The van der Waals surface area contributed by atoms with Gasteiger partial charge in [0.15, 0.2) is 0 Å². The lowest BCUT2D eigenvalue weighted by molar-refractivity contribution is 0.426. The number of hydrogen-bond acceptors (Lipinski definition) is 4. The fourth-order valence-electron chi connectivity index (χ4n) is 7.19. The van der Waals surface area contributed by atoms with E-state index < -0.39 is 7.12 Å². The quantitative estimate of drug-likeness (QED) is 0.105. The molecule has 10 rings (SSSR count). The van der Waals surface area contributed by atoms with Gasteiger partial charge in [-0.2, -0.15) is 0 Å². The highest BCUT2D eigenvalue weighted by atomic mass is 79.9. The van der Waals surface area contributed by atoms with E-state index >= 15 is 0 Å². The Morgan fingerprint density at radius 1 is 0.393 bits per heavy atom. The Balaban J connectivity index is 0.000000133. The minimum absolute atomic E-state index is 0.486. The molecule has 0 unspecified atom stereocenters. The number of aromatic nitrogens is 2. The number of fused-ring (bicyclic) bond motifs is 6. The molecule has 0 aliphatic heterocycles. The number of hydrogen-bond donors (Lipinski definition) is 4. The molecule has 6 nitrogen and oxygen atoms in total. The molecule has 10 aromatic rings. The molecule has 0 saturated heterocycles. The van der Waals surface area contributed by atoms with E-state index in [2.05, 4.69) is 134 Å². The molecule has 0 saturated carbocycles. The second-order valence-electron chi connectivity index (χ2n) is 13.4. The van der Waals surface area contributed by atoms with Gasteiger partial charge in [0, 0.05) is 48.8 Å². The van der Waals surface area contributed by atoms with E-state index in [1.165, 1.54) is 43.7 Å². The van der Waals surface area contributed by atoms with Crippen LogP contribution in [0.5, 0.6) is 0 Å². The predicted octanol–water partition coefficient (Wildman–Crippen LogP) is 10.5. The maximum absolute atomic E-state index is 9.42. The van der Waals surface area contributed by atoms with Gasteiger partial charge in [0.2, 0.25) is 0 Å². The fourth-order valence-corrected chi connectivity index (χ4v) is 7.45. The Morgan fingerprint density at radius 2 is 0.786 bits per heavy atom. The van der Waals surface area contributed by atoms with Crippen molar-refractivity contribution in [2.24, 2.45) is 0 Å². The van der Waals surface area contributed by atoms with E-state index in [0.29, 0.717) is 5.46 Å². The molecule has 2 heterocycles. The van der Waals surface area contributed by atoms with E-state index in [1.807, 2.05) is 78.9 Å². The Hall–Kier alpha value is -6.58. The third-order valence-electron chi connectivity index (χ3n) is 9.81. The van der Waals surface area contributed by atoms with Gasteiger partial charge in [-0.25, -0.2) is 0 Å². The van der Waals surface area contributed by atoms with Gasteiger partial charge >= 0.3 is 7.12 Å². The second-order valence-corrected chi connectivity index (χ2v) is 14.3. The summed E-state index contributed by atoms with van der Waals surface area (Å²) in [6, 6.07) is 65.2. The summed E-state index contributed by atoms with van der Waals surface area (Å²) in [5.41, 5.74) is 22.4. The number of halogens is 1. The molecular weight excluding hydrogens is 755 g/mol. The molecule has 0 aliphatic carbocycles. The van der Waals surface area contributed by atoms with Crippen molar-refractivity contribution in [2.75, 3.05) is 11.5 Å². The first kappa shape index (κ1) is 36.4. The van der Waals surface area contributed by atoms with Crippen molar-refractivity contribution in [1.29, 1.82) is 0 Å². The Bertz CT molecular complexity index is 2810. The smallest absolute Gasteiger partial charge is 0.423 e. The van der Waals surface area contributed by atoms with Gasteiger partial charge in [-0.15, -0.1) is 0 Å². The predicted molar refractivity (Wildman–Crippen MR) is 240 cm³/mol. The molecule has 8 heteroatoms. The number of para-hydroxylation sites is 4. The molecule has 0 spiro atoms. The van der Waals surface area contributed by atoms with Gasteiger partial charge in [-0.1, -0.05) is 125 Å². The van der Waals surface area contributed by atoms with Gasteiger partial charge in [-0.05, 0) is 102 Å². The summed E-state index contributed by atoms with van der Waals surface area (Å²) in [6.45, 7) is 0. The zero-order valence-corrected chi connectivity index (χ0v) is 32.0. The molecule has 0 aliphatic rings. The highest BCUT2D eigenvalue weighted by molar-refractivity contribution is 9.10. The molecular formula is C48H38BBrN4O2. The first-order valence-electron chi connectivity index (χ1n) is 18.3. The zero-order valence-electron chi connectivity index (χ0n) is 30.4. The van der Waals surface area contributed by atoms with E-state index in [9.17, 15) is 10.0 Å². The lowest BCUT2D eigenvalue weighted by Gasteiger charge is -2.10. The molecule has 272 valence electrons. The number of nitrogen functional groups attached to an aromatic ring is 2. The van der Waals surface area contributed by atoms with E-state index in [1.54, 1.807) is 6.07 Å². The highest BCUT2D eigenvalue weighted by Crippen LogP contribution is 2.34. The van der Waals surface area contributed by atoms with Crippen LogP contribution in [-0.4, -0.2) is 26.3 Å². The normalized spacial score (nSPS) is 10.9. The van der Waals surface area contributed by atoms with Crippen molar-refractivity contribution >= 4 is 83.5 Å².